The monoisotopic (exact) mass is 445 g/mol. The summed E-state index contributed by atoms with van der Waals surface area (Å²) in [6.07, 6.45) is 1.02. The smallest absolute Gasteiger partial charge is 0.251 e. The van der Waals surface area contributed by atoms with Gasteiger partial charge in [0, 0.05) is 29.2 Å². The lowest BCUT2D eigenvalue weighted by molar-refractivity contribution is -0.123. The first-order valence-corrected chi connectivity index (χ1v) is 10.6. The first kappa shape index (κ1) is 24.2. The Labute approximate surface area is 187 Å². The van der Waals surface area contributed by atoms with E-state index in [1.807, 2.05) is 13.8 Å². The molecule has 7 nitrogen and oxygen atoms in total. The largest absolute Gasteiger partial charge is 0.508 e. The Kier molecular flexibility index (Phi) is 9.34. The van der Waals surface area contributed by atoms with Gasteiger partial charge in [-0.25, -0.2) is 0 Å². The van der Waals surface area contributed by atoms with Gasteiger partial charge in [-0.15, -0.1) is 0 Å². The maximum Gasteiger partial charge on any atom is 0.251 e. The molecule has 31 heavy (non-hydrogen) atoms. The van der Waals surface area contributed by atoms with Crippen LogP contribution in [0.4, 0.5) is 0 Å². The molecular formula is C23H28ClN3O4. The second-order valence-electron chi connectivity index (χ2n) is 7.61. The van der Waals surface area contributed by atoms with Crippen molar-refractivity contribution < 1.29 is 19.5 Å². The Morgan fingerprint density at radius 3 is 2.26 bits per heavy atom. The SMILES string of the molecule is CC(C)CC(NC(=O)c1ccc(Cl)cc1)C(=O)NCCCNC(=O)c1cccc(O)c1. The lowest BCUT2D eigenvalue weighted by Crippen LogP contribution is -2.47. The lowest BCUT2D eigenvalue weighted by atomic mass is 10.0. The van der Waals surface area contributed by atoms with Gasteiger partial charge in [-0.1, -0.05) is 31.5 Å². The van der Waals surface area contributed by atoms with Crippen molar-refractivity contribution in [1.29, 1.82) is 0 Å². The van der Waals surface area contributed by atoms with Crippen LogP contribution in [0, 0.1) is 5.92 Å². The fourth-order valence-electron chi connectivity index (χ4n) is 2.92. The normalized spacial score (nSPS) is 11.6. The summed E-state index contributed by atoms with van der Waals surface area (Å²) in [5.74, 6) is -0.666. The van der Waals surface area contributed by atoms with Crippen LogP contribution in [0.15, 0.2) is 48.5 Å². The summed E-state index contributed by atoms with van der Waals surface area (Å²) in [7, 11) is 0. The van der Waals surface area contributed by atoms with E-state index in [1.54, 1.807) is 36.4 Å². The van der Waals surface area contributed by atoms with Crippen LogP contribution in [0.2, 0.25) is 5.02 Å². The number of phenolic OH excluding ortho intramolecular Hbond substituents is 1. The molecule has 8 heteroatoms. The molecule has 3 amide bonds. The number of benzene rings is 2. The average molecular weight is 446 g/mol. The summed E-state index contributed by atoms with van der Waals surface area (Å²) in [5, 5.41) is 18.3. The Balaban J connectivity index is 1.80. The van der Waals surface area contributed by atoms with Gasteiger partial charge < -0.3 is 21.1 Å². The van der Waals surface area contributed by atoms with Crippen molar-refractivity contribution in [2.24, 2.45) is 5.92 Å². The number of aromatic hydroxyl groups is 1. The Morgan fingerprint density at radius 2 is 1.61 bits per heavy atom. The molecule has 2 aromatic rings. The number of phenols is 1. The number of carbonyl (C=O) groups excluding carboxylic acids is 3. The second kappa shape index (κ2) is 12.0. The molecule has 0 aliphatic carbocycles. The standard InChI is InChI=1S/C23H28ClN3O4/c1-15(2)13-20(27-22(30)16-7-9-18(24)10-8-16)23(31)26-12-4-11-25-21(29)17-5-3-6-19(28)14-17/h3,5-10,14-15,20,28H,4,11-13H2,1-2H3,(H,25,29)(H,26,31)(H,27,30). The minimum Gasteiger partial charge on any atom is -0.508 e. The van der Waals surface area contributed by atoms with Gasteiger partial charge in [-0.2, -0.15) is 0 Å². The van der Waals surface area contributed by atoms with E-state index in [2.05, 4.69) is 16.0 Å². The van der Waals surface area contributed by atoms with E-state index in [0.29, 0.717) is 42.1 Å². The molecule has 0 bridgehead atoms. The summed E-state index contributed by atoms with van der Waals surface area (Å²) in [4.78, 5) is 37.1. The number of rotatable bonds is 10. The van der Waals surface area contributed by atoms with Crippen molar-refractivity contribution in [3.63, 3.8) is 0 Å². The van der Waals surface area contributed by atoms with Gasteiger partial charge in [0.15, 0.2) is 0 Å². The van der Waals surface area contributed by atoms with Crippen LogP contribution in [0.25, 0.3) is 0 Å². The van der Waals surface area contributed by atoms with E-state index in [4.69, 9.17) is 11.6 Å². The second-order valence-corrected chi connectivity index (χ2v) is 8.05. The molecule has 166 valence electrons. The summed E-state index contributed by atoms with van der Waals surface area (Å²) < 4.78 is 0. The van der Waals surface area contributed by atoms with Crippen LogP contribution in [0.1, 0.15) is 47.4 Å². The topological polar surface area (TPSA) is 108 Å². The average Bonchev–Trinajstić information content (AvgIpc) is 2.72. The predicted molar refractivity (Wildman–Crippen MR) is 120 cm³/mol. The highest BCUT2D eigenvalue weighted by Crippen LogP contribution is 2.12. The number of amides is 3. The van der Waals surface area contributed by atoms with Crippen LogP contribution in [-0.4, -0.2) is 42.0 Å². The molecule has 0 radical (unpaired) electrons. The molecule has 0 aromatic heterocycles. The zero-order valence-corrected chi connectivity index (χ0v) is 18.4. The molecule has 2 aromatic carbocycles. The van der Waals surface area contributed by atoms with E-state index in [9.17, 15) is 19.5 Å². The minimum absolute atomic E-state index is 0.0248. The number of nitrogens with one attached hydrogen (secondary N) is 3. The number of hydrogen-bond donors (Lipinski definition) is 4. The van der Waals surface area contributed by atoms with E-state index in [0.717, 1.165) is 0 Å². The zero-order chi connectivity index (χ0) is 22.8. The maximum atomic E-state index is 12.6. The maximum absolute atomic E-state index is 12.6. The van der Waals surface area contributed by atoms with E-state index in [1.165, 1.54) is 12.1 Å². The zero-order valence-electron chi connectivity index (χ0n) is 17.7. The van der Waals surface area contributed by atoms with E-state index >= 15 is 0 Å². The summed E-state index contributed by atoms with van der Waals surface area (Å²) >= 11 is 5.85. The van der Waals surface area contributed by atoms with Crippen molar-refractivity contribution in [2.45, 2.75) is 32.7 Å². The predicted octanol–water partition coefficient (Wildman–Crippen LogP) is 3.13. The van der Waals surface area contributed by atoms with Gasteiger partial charge in [0.1, 0.15) is 11.8 Å². The summed E-state index contributed by atoms with van der Waals surface area (Å²) in [6, 6.07) is 11.9. The first-order valence-electron chi connectivity index (χ1n) is 10.2. The van der Waals surface area contributed by atoms with E-state index in [-0.39, 0.29) is 29.4 Å². The van der Waals surface area contributed by atoms with Gasteiger partial charge in [0.05, 0.1) is 0 Å². The van der Waals surface area contributed by atoms with Gasteiger partial charge >= 0.3 is 0 Å². The van der Waals surface area contributed by atoms with E-state index < -0.39 is 6.04 Å². The molecule has 0 aliphatic rings. The third kappa shape index (κ3) is 8.30. The van der Waals surface area contributed by atoms with Crippen molar-refractivity contribution >= 4 is 29.3 Å². The fraction of sp³-hybridized carbons (Fsp3) is 0.348. The van der Waals surface area contributed by atoms with Crippen LogP contribution in [0.3, 0.4) is 0 Å². The molecule has 0 fully saturated rings. The summed E-state index contributed by atoms with van der Waals surface area (Å²) in [5.41, 5.74) is 0.798. The number of hydrogen-bond acceptors (Lipinski definition) is 4. The molecule has 0 aliphatic heterocycles. The summed E-state index contributed by atoms with van der Waals surface area (Å²) in [6.45, 7) is 4.67. The minimum atomic E-state index is -0.662. The molecular weight excluding hydrogens is 418 g/mol. The number of halogens is 1. The fourth-order valence-corrected chi connectivity index (χ4v) is 3.05. The highest BCUT2D eigenvalue weighted by Gasteiger charge is 2.22. The van der Waals surface area contributed by atoms with Crippen LogP contribution < -0.4 is 16.0 Å². The van der Waals surface area contributed by atoms with Crippen molar-refractivity contribution in [3.05, 3.63) is 64.7 Å². The molecule has 2 rings (SSSR count). The lowest BCUT2D eigenvalue weighted by Gasteiger charge is -2.20. The Hall–Kier alpha value is -3.06. The Morgan fingerprint density at radius 1 is 0.935 bits per heavy atom. The molecule has 4 N–H and O–H groups in total. The number of carbonyl (C=O) groups is 3. The van der Waals surface area contributed by atoms with Crippen molar-refractivity contribution in [3.8, 4) is 5.75 Å². The van der Waals surface area contributed by atoms with Crippen LogP contribution >= 0.6 is 11.6 Å². The third-order valence-corrected chi connectivity index (χ3v) is 4.73. The molecule has 1 atom stereocenters. The highest BCUT2D eigenvalue weighted by atomic mass is 35.5. The third-order valence-electron chi connectivity index (χ3n) is 4.48. The van der Waals surface area contributed by atoms with Gasteiger partial charge in [-0.05, 0) is 61.2 Å². The Bertz CT molecular complexity index is 900. The van der Waals surface area contributed by atoms with Gasteiger partial charge in [0.25, 0.3) is 11.8 Å². The van der Waals surface area contributed by atoms with Gasteiger partial charge in [0.2, 0.25) is 5.91 Å². The molecule has 1 unspecified atom stereocenters. The molecule has 0 saturated heterocycles. The van der Waals surface area contributed by atoms with Crippen LogP contribution in [0.5, 0.6) is 5.75 Å². The molecule has 0 spiro atoms. The highest BCUT2D eigenvalue weighted by molar-refractivity contribution is 6.30. The van der Waals surface area contributed by atoms with Crippen molar-refractivity contribution in [1.82, 2.24) is 16.0 Å². The van der Waals surface area contributed by atoms with Crippen LogP contribution in [-0.2, 0) is 4.79 Å². The van der Waals surface area contributed by atoms with Gasteiger partial charge in [-0.3, -0.25) is 14.4 Å². The van der Waals surface area contributed by atoms with Crippen molar-refractivity contribution in [2.75, 3.05) is 13.1 Å². The molecule has 0 saturated carbocycles. The quantitative estimate of drug-likeness (QED) is 0.421. The molecule has 0 heterocycles. The first-order chi connectivity index (χ1) is 14.8.